The largest absolute Gasteiger partial charge is 0.380 e. The summed E-state index contributed by atoms with van der Waals surface area (Å²) in [7, 11) is 1.75. The lowest BCUT2D eigenvalue weighted by molar-refractivity contribution is 0.121. The van der Waals surface area contributed by atoms with E-state index in [1.165, 1.54) is 0 Å². The molecule has 5 nitrogen and oxygen atoms in total. The van der Waals surface area contributed by atoms with E-state index in [1.807, 2.05) is 19.2 Å². The van der Waals surface area contributed by atoms with Gasteiger partial charge < -0.3 is 9.64 Å². The molecule has 1 aliphatic rings. The van der Waals surface area contributed by atoms with Crippen molar-refractivity contribution in [1.29, 1.82) is 0 Å². The van der Waals surface area contributed by atoms with E-state index in [0.717, 1.165) is 41.8 Å². The third-order valence-corrected chi connectivity index (χ3v) is 3.85. The highest BCUT2D eigenvalue weighted by Crippen LogP contribution is 2.27. The Morgan fingerprint density at radius 3 is 3.00 bits per heavy atom. The van der Waals surface area contributed by atoms with Crippen LogP contribution >= 0.6 is 11.6 Å². The lowest BCUT2D eigenvalue weighted by atomic mass is 10.2. The number of fused-ring (bicyclic) bond motifs is 1. The molecular weight excluding hydrogens is 264 g/mol. The predicted octanol–water partition coefficient (Wildman–Crippen LogP) is 2.21. The lowest BCUT2D eigenvalue weighted by Gasteiger charge is -2.18. The summed E-state index contributed by atoms with van der Waals surface area (Å²) < 4.78 is 5.38. The van der Waals surface area contributed by atoms with E-state index in [0.29, 0.717) is 11.3 Å². The van der Waals surface area contributed by atoms with Crippen LogP contribution in [0.2, 0.25) is 5.15 Å². The molecule has 3 heterocycles. The van der Waals surface area contributed by atoms with Crippen LogP contribution in [-0.4, -0.2) is 41.5 Å². The Bertz CT molecular complexity index is 619. The zero-order chi connectivity index (χ0) is 13.4. The van der Waals surface area contributed by atoms with Gasteiger partial charge in [-0.1, -0.05) is 11.6 Å². The van der Waals surface area contributed by atoms with Gasteiger partial charge in [-0.3, -0.25) is 4.98 Å². The standard InChI is InChI=1S/C13H15ClN4O/c1-8-12-11(13(14)17-16-8)5-9(6-15-12)18-4-3-10(7-18)19-2/h5-6,10H,3-4,7H2,1-2H3/t10-/m0/s1. The number of hydrogen-bond acceptors (Lipinski definition) is 5. The van der Waals surface area contributed by atoms with Crippen LogP contribution in [0.3, 0.4) is 0 Å². The fourth-order valence-corrected chi connectivity index (χ4v) is 2.63. The number of nitrogens with zero attached hydrogens (tertiary/aromatic N) is 4. The van der Waals surface area contributed by atoms with Crippen LogP contribution in [0.4, 0.5) is 5.69 Å². The normalized spacial score (nSPS) is 19.3. The van der Waals surface area contributed by atoms with Crippen molar-refractivity contribution < 1.29 is 4.74 Å². The van der Waals surface area contributed by atoms with Crippen molar-refractivity contribution >= 4 is 28.2 Å². The highest BCUT2D eigenvalue weighted by molar-refractivity contribution is 6.34. The van der Waals surface area contributed by atoms with Crippen molar-refractivity contribution in [3.8, 4) is 0 Å². The van der Waals surface area contributed by atoms with Crippen LogP contribution in [-0.2, 0) is 4.74 Å². The van der Waals surface area contributed by atoms with E-state index >= 15 is 0 Å². The summed E-state index contributed by atoms with van der Waals surface area (Å²) in [4.78, 5) is 6.72. The molecule has 1 atom stereocenters. The first-order valence-electron chi connectivity index (χ1n) is 6.25. The minimum Gasteiger partial charge on any atom is -0.380 e. The minimum absolute atomic E-state index is 0.295. The van der Waals surface area contributed by atoms with Crippen LogP contribution in [0.1, 0.15) is 12.1 Å². The first-order valence-corrected chi connectivity index (χ1v) is 6.63. The van der Waals surface area contributed by atoms with Crippen LogP contribution < -0.4 is 4.90 Å². The van der Waals surface area contributed by atoms with Crippen LogP contribution in [0, 0.1) is 6.92 Å². The molecule has 1 aliphatic heterocycles. The van der Waals surface area contributed by atoms with Crippen LogP contribution in [0.25, 0.3) is 10.9 Å². The zero-order valence-electron chi connectivity index (χ0n) is 10.9. The molecule has 0 bridgehead atoms. The molecule has 2 aromatic rings. The van der Waals surface area contributed by atoms with Gasteiger partial charge in [-0.15, -0.1) is 5.10 Å². The highest BCUT2D eigenvalue weighted by atomic mass is 35.5. The molecule has 0 unspecified atom stereocenters. The fourth-order valence-electron chi connectivity index (χ4n) is 2.45. The maximum atomic E-state index is 6.11. The van der Waals surface area contributed by atoms with Gasteiger partial charge in [-0.25, -0.2) is 0 Å². The molecule has 0 aliphatic carbocycles. The SMILES string of the molecule is CO[C@H]1CCN(c2cnc3c(C)nnc(Cl)c3c2)C1. The number of aromatic nitrogens is 3. The Labute approximate surface area is 116 Å². The highest BCUT2D eigenvalue weighted by Gasteiger charge is 2.23. The van der Waals surface area contributed by atoms with Gasteiger partial charge in [0.15, 0.2) is 5.15 Å². The Morgan fingerprint density at radius 2 is 2.26 bits per heavy atom. The smallest absolute Gasteiger partial charge is 0.161 e. The van der Waals surface area contributed by atoms with E-state index in [2.05, 4.69) is 20.1 Å². The van der Waals surface area contributed by atoms with Gasteiger partial charge in [0.2, 0.25) is 0 Å². The van der Waals surface area contributed by atoms with E-state index in [9.17, 15) is 0 Å². The van der Waals surface area contributed by atoms with Gasteiger partial charge >= 0.3 is 0 Å². The van der Waals surface area contributed by atoms with Crippen LogP contribution in [0.15, 0.2) is 12.3 Å². The first-order chi connectivity index (χ1) is 9.19. The minimum atomic E-state index is 0.295. The quantitative estimate of drug-likeness (QED) is 0.843. The number of ether oxygens (including phenoxy) is 1. The Balaban J connectivity index is 2.00. The molecule has 19 heavy (non-hydrogen) atoms. The lowest BCUT2D eigenvalue weighted by Crippen LogP contribution is -2.22. The van der Waals surface area contributed by atoms with Crippen molar-refractivity contribution in [1.82, 2.24) is 15.2 Å². The summed E-state index contributed by atoms with van der Waals surface area (Å²) >= 11 is 6.11. The summed E-state index contributed by atoms with van der Waals surface area (Å²) in [5.74, 6) is 0. The maximum Gasteiger partial charge on any atom is 0.161 e. The fraction of sp³-hybridized carbons (Fsp3) is 0.462. The van der Waals surface area contributed by atoms with E-state index in [1.54, 1.807) is 7.11 Å². The molecule has 3 rings (SSSR count). The second kappa shape index (κ2) is 4.90. The molecule has 100 valence electrons. The molecule has 0 N–H and O–H groups in total. The number of aryl methyl sites for hydroxylation is 1. The van der Waals surface area contributed by atoms with Gasteiger partial charge in [-0.2, -0.15) is 5.10 Å². The molecule has 6 heteroatoms. The third-order valence-electron chi connectivity index (χ3n) is 3.57. The van der Waals surface area contributed by atoms with E-state index < -0.39 is 0 Å². The van der Waals surface area contributed by atoms with Crippen molar-refractivity contribution in [3.05, 3.63) is 23.1 Å². The molecule has 1 saturated heterocycles. The van der Waals surface area contributed by atoms with Crippen molar-refractivity contribution in [2.45, 2.75) is 19.4 Å². The second-order valence-corrected chi connectivity index (χ2v) is 5.12. The number of halogens is 1. The Hall–Kier alpha value is -1.46. The number of rotatable bonds is 2. The predicted molar refractivity (Wildman–Crippen MR) is 74.7 cm³/mol. The molecule has 2 aromatic heterocycles. The summed E-state index contributed by atoms with van der Waals surface area (Å²) in [6.07, 6.45) is 3.20. The number of hydrogen-bond donors (Lipinski definition) is 0. The summed E-state index contributed by atoms with van der Waals surface area (Å²) in [5, 5.41) is 9.17. The molecule has 0 radical (unpaired) electrons. The van der Waals surface area contributed by atoms with Crippen molar-refractivity contribution in [3.63, 3.8) is 0 Å². The Kier molecular flexibility index (Phi) is 3.24. The Morgan fingerprint density at radius 1 is 1.42 bits per heavy atom. The topological polar surface area (TPSA) is 51.1 Å². The molecule has 0 saturated carbocycles. The molecule has 0 spiro atoms. The summed E-state index contributed by atoms with van der Waals surface area (Å²) in [6, 6.07) is 2.03. The zero-order valence-corrected chi connectivity index (χ0v) is 11.7. The average molecular weight is 279 g/mol. The summed E-state index contributed by atoms with van der Waals surface area (Å²) in [5.41, 5.74) is 2.66. The van der Waals surface area contributed by atoms with Gasteiger partial charge in [0, 0.05) is 25.6 Å². The van der Waals surface area contributed by atoms with Crippen LogP contribution in [0.5, 0.6) is 0 Å². The summed E-state index contributed by atoms with van der Waals surface area (Å²) in [6.45, 7) is 3.74. The molecule has 0 amide bonds. The van der Waals surface area contributed by atoms with Crippen molar-refractivity contribution in [2.24, 2.45) is 0 Å². The number of methoxy groups -OCH3 is 1. The average Bonchev–Trinajstić information content (AvgIpc) is 2.91. The van der Waals surface area contributed by atoms with Gasteiger partial charge in [-0.05, 0) is 19.4 Å². The molecule has 0 aromatic carbocycles. The molecular formula is C13H15ClN4O. The maximum absolute atomic E-state index is 6.11. The number of pyridine rings is 1. The van der Waals surface area contributed by atoms with E-state index in [4.69, 9.17) is 16.3 Å². The number of anilines is 1. The van der Waals surface area contributed by atoms with E-state index in [-0.39, 0.29) is 0 Å². The van der Waals surface area contributed by atoms with Gasteiger partial charge in [0.25, 0.3) is 0 Å². The second-order valence-electron chi connectivity index (χ2n) is 4.76. The van der Waals surface area contributed by atoms with Gasteiger partial charge in [0.1, 0.15) is 0 Å². The third kappa shape index (κ3) is 2.24. The molecule has 1 fully saturated rings. The monoisotopic (exact) mass is 278 g/mol. The van der Waals surface area contributed by atoms with Crippen molar-refractivity contribution in [2.75, 3.05) is 25.1 Å². The van der Waals surface area contributed by atoms with Gasteiger partial charge in [0.05, 0.1) is 29.2 Å². The first kappa shape index (κ1) is 12.6.